The summed E-state index contributed by atoms with van der Waals surface area (Å²) in [5.41, 5.74) is 2.03. The average Bonchev–Trinajstić information content (AvgIpc) is 2.55. The number of nitrogens with one attached hydrogen (secondary N) is 2. The number of hydrazone groups is 2. The number of hydrogen-bond donors (Lipinski definition) is 3. The molecule has 3 N–H and O–H groups in total. The monoisotopic (exact) mass is 304 g/mol. The molecule has 0 bridgehead atoms. The smallest absolute Gasteiger partial charge is 0.286 e. The zero-order valence-electron chi connectivity index (χ0n) is 12.6. The van der Waals surface area contributed by atoms with Crippen LogP contribution in [0.1, 0.15) is 32.3 Å². The molecule has 0 heterocycles. The lowest BCUT2D eigenvalue weighted by atomic mass is 9.92. The third-order valence-electron chi connectivity index (χ3n) is 2.73. The molecule has 7 heteroatoms. The van der Waals surface area contributed by atoms with Crippen molar-refractivity contribution in [3.05, 3.63) is 35.9 Å². The van der Waals surface area contributed by atoms with Crippen molar-refractivity contribution in [3.8, 4) is 0 Å². The Morgan fingerprint density at radius 3 is 1.91 bits per heavy atom. The van der Waals surface area contributed by atoms with Crippen molar-refractivity contribution in [2.45, 2.75) is 32.3 Å². The van der Waals surface area contributed by atoms with E-state index in [9.17, 15) is 14.7 Å². The molecular formula is C15H20N4O3. The van der Waals surface area contributed by atoms with Gasteiger partial charge >= 0.3 is 0 Å². The van der Waals surface area contributed by atoms with Gasteiger partial charge in [0.25, 0.3) is 17.4 Å². The molecule has 118 valence electrons. The van der Waals surface area contributed by atoms with Crippen molar-refractivity contribution in [1.82, 2.24) is 10.9 Å². The van der Waals surface area contributed by atoms with E-state index in [-0.39, 0.29) is 5.56 Å². The lowest BCUT2D eigenvalue weighted by Gasteiger charge is -2.24. The Labute approximate surface area is 129 Å². The van der Waals surface area contributed by atoms with Crippen LogP contribution in [0.15, 0.2) is 40.5 Å². The first-order valence-corrected chi connectivity index (χ1v) is 6.99. The van der Waals surface area contributed by atoms with Crippen LogP contribution in [-0.4, -0.2) is 29.4 Å². The lowest BCUT2D eigenvalue weighted by Crippen LogP contribution is -2.53. The van der Waals surface area contributed by atoms with Crippen molar-refractivity contribution < 1.29 is 14.7 Å². The Hall–Kier alpha value is -2.54. The van der Waals surface area contributed by atoms with Crippen molar-refractivity contribution in [2.75, 3.05) is 0 Å². The van der Waals surface area contributed by atoms with Crippen LogP contribution in [0.5, 0.6) is 0 Å². The molecule has 0 unspecified atom stereocenters. The second-order valence-corrected chi connectivity index (χ2v) is 4.40. The van der Waals surface area contributed by atoms with Gasteiger partial charge in [-0.15, -0.1) is 0 Å². The fraction of sp³-hybridized carbons (Fsp3) is 0.333. The van der Waals surface area contributed by atoms with Crippen LogP contribution < -0.4 is 10.9 Å². The third-order valence-corrected chi connectivity index (χ3v) is 2.73. The number of hydrogen-bond acceptors (Lipinski definition) is 5. The zero-order chi connectivity index (χ0) is 16.4. The van der Waals surface area contributed by atoms with Gasteiger partial charge in [0.1, 0.15) is 0 Å². The van der Waals surface area contributed by atoms with Gasteiger partial charge in [-0.3, -0.25) is 9.59 Å². The van der Waals surface area contributed by atoms with Gasteiger partial charge in [0, 0.05) is 18.0 Å². The van der Waals surface area contributed by atoms with E-state index >= 15 is 0 Å². The Balaban J connectivity index is 3.09. The first kappa shape index (κ1) is 17.5. The third kappa shape index (κ3) is 4.23. The SMILES string of the molecule is CCC=NNC(=O)C(O)(C(=O)NN=CCC)c1ccccc1. The van der Waals surface area contributed by atoms with Gasteiger partial charge in [-0.05, 0) is 12.8 Å². The number of benzene rings is 1. The molecule has 22 heavy (non-hydrogen) atoms. The van der Waals surface area contributed by atoms with Gasteiger partial charge in [0.05, 0.1) is 0 Å². The number of carbonyl (C=O) groups is 2. The highest BCUT2D eigenvalue weighted by Gasteiger charge is 2.46. The summed E-state index contributed by atoms with van der Waals surface area (Å²) in [5.74, 6) is -1.90. The molecule has 0 aromatic heterocycles. The van der Waals surface area contributed by atoms with Gasteiger partial charge in [-0.1, -0.05) is 44.2 Å². The number of aliphatic hydroxyl groups is 1. The van der Waals surface area contributed by atoms with Crippen LogP contribution in [0, 0.1) is 0 Å². The molecule has 0 atom stereocenters. The molecule has 7 nitrogen and oxygen atoms in total. The van der Waals surface area contributed by atoms with E-state index in [1.807, 2.05) is 13.8 Å². The quantitative estimate of drug-likeness (QED) is 0.396. The van der Waals surface area contributed by atoms with E-state index in [2.05, 4.69) is 21.1 Å². The Morgan fingerprint density at radius 1 is 1.05 bits per heavy atom. The Kier molecular flexibility index (Phi) is 6.91. The van der Waals surface area contributed by atoms with Gasteiger partial charge < -0.3 is 5.11 Å². The molecule has 1 aromatic rings. The highest BCUT2D eigenvalue weighted by molar-refractivity contribution is 6.08. The summed E-state index contributed by atoms with van der Waals surface area (Å²) in [7, 11) is 0. The summed E-state index contributed by atoms with van der Waals surface area (Å²) in [6.45, 7) is 3.68. The summed E-state index contributed by atoms with van der Waals surface area (Å²) in [5, 5.41) is 18.0. The molecule has 0 fully saturated rings. The van der Waals surface area contributed by atoms with Crippen molar-refractivity contribution in [3.63, 3.8) is 0 Å². The van der Waals surface area contributed by atoms with E-state index in [0.29, 0.717) is 12.8 Å². The van der Waals surface area contributed by atoms with E-state index in [1.165, 1.54) is 24.6 Å². The topological polar surface area (TPSA) is 103 Å². The summed E-state index contributed by atoms with van der Waals surface area (Å²) in [6.07, 6.45) is 4.13. The molecule has 0 aliphatic heterocycles. The molecule has 0 saturated heterocycles. The molecule has 1 rings (SSSR count). The van der Waals surface area contributed by atoms with Gasteiger partial charge in [0.2, 0.25) is 0 Å². The largest absolute Gasteiger partial charge is 0.368 e. The molecule has 0 saturated carbocycles. The van der Waals surface area contributed by atoms with Crippen LogP contribution in [0.3, 0.4) is 0 Å². The van der Waals surface area contributed by atoms with E-state index < -0.39 is 17.4 Å². The first-order valence-electron chi connectivity index (χ1n) is 6.99. The fourth-order valence-corrected chi connectivity index (χ4v) is 1.60. The standard InChI is InChI=1S/C15H20N4O3/c1-3-10-16-18-13(20)15(22,12-8-6-5-7-9-12)14(21)19-17-11-4-2/h5-11,22H,3-4H2,1-2H3,(H,18,20)(H,19,21). The number of carbonyl (C=O) groups excluding carboxylic acids is 2. The van der Waals surface area contributed by atoms with Crippen LogP contribution in [0.4, 0.5) is 0 Å². The highest BCUT2D eigenvalue weighted by Crippen LogP contribution is 2.21. The van der Waals surface area contributed by atoms with Crippen molar-refractivity contribution in [2.24, 2.45) is 10.2 Å². The lowest BCUT2D eigenvalue weighted by molar-refractivity contribution is -0.155. The summed E-state index contributed by atoms with van der Waals surface area (Å²) in [4.78, 5) is 24.5. The maximum atomic E-state index is 12.2. The molecule has 0 spiro atoms. The van der Waals surface area contributed by atoms with E-state index in [4.69, 9.17) is 0 Å². The normalized spacial score (nSPS) is 14.0. The minimum Gasteiger partial charge on any atom is -0.368 e. The highest BCUT2D eigenvalue weighted by atomic mass is 16.3. The number of nitrogens with zero attached hydrogens (tertiary/aromatic N) is 2. The average molecular weight is 304 g/mol. The van der Waals surface area contributed by atoms with Crippen LogP contribution >= 0.6 is 0 Å². The van der Waals surface area contributed by atoms with Crippen LogP contribution in [0.2, 0.25) is 0 Å². The molecule has 2 amide bonds. The maximum absolute atomic E-state index is 12.2. The van der Waals surface area contributed by atoms with Crippen molar-refractivity contribution in [1.29, 1.82) is 0 Å². The minimum atomic E-state index is -2.42. The van der Waals surface area contributed by atoms with Gasteiger partial charge in [-0.2, -0.15) is 10.2 Å². The predicted molar refractivity (Wildman–Crippen MR) is 84.2 cm³/mol. The minimum absolute atomic E-state index is 0.128. The molecule has 1 aromatic carbocycles. The Morgan fingerprint density at radius 2 is 1.50 bits per heavy atom. The Bertz CT molecular complexity index is 527. The molecule has 0 aliphatic carbocycles. The zero-order valence-corrected chi connectivity index (χ0v) is 12.6. The molecular weight excluding hydrogens is 284 g/mol. The fourth-order valence-electron chi connectivity index (χ4n) is 1.60. The molecule has 0 aliphatic rings. The van der Waals surface area contributed by atoms with Gasteiger partial charge in [0.15, 0.2) is 0 Å². The van der Waals surface area contributed by atoms with Crippen LogP contribution in [0.25, 0.3) is 0 Å². The maximum Gasteiger partial charge on any atom is 0.286 e. The van der Waals surface area contributed by atoms with E-state index in [0.717, 1.165) is 0 Å². The summed E-state index contributed by atoms with van der Waals surface area (Å²) < 4.78 is 0. The van der Waals surface area contributed by atoms with E-state index in [1.54, 1.807) is 18.2 Å². The second-order valence-electron chi connectivity index (χ2n) is 4.40. The van der Waals surface area contributed by atoms with Crippen LogP contribution in [-0.2, 0) is 15.2 Å². The summed E-state index contributed by atoms with van der Waals surface area (Å²) >= 11 is 0. The second kappa shape index (κ2) is 8.68. The number of rotatable bonds is 7. The number of amides is 2. The van der Waals surface area contributed by atoms with Gasteiger partial charge in [-0.25, -0.2) is 10.9 Å². The summed E-state index contributed by atoms with van der Waals surface area (Å²) in [6, 6.07) is 7.90. The predicted octanol–water partition coefficient (Wildman–Crippen LogP) is 0.898. The molecule has 0 radical (unpaired) electrons. The first-order chi connectivity index (χ1) is 10.6. The van der Waals surface area contributed by atoms with Crippen molar-refractivity contribution >= 4 is 24.2 Å².